The first-order valence-corrected chi connectivity index (χ1v) is 43.6. The number of hydroxylamine groups is 9. The second kappa shape index (κ2) is 50.2. The van der Waals surface area contributed by atoms with Gasteiger partial charge in [-0.3, -0.25) is 153 Å². The molecule has 776 valence electrons. The Hall–Kier alpha value is -16.9. The Bertz CT molecular complexity index is 6710. The number of piperazine rings is 2. The Balaban J connectivity index is 0.000000177. The number of benzene rings is 7. The average Bonchev–Trinajstić information content (AvgIpc) is 1.61. The number of carbonyl (C=O) groups is 18. The number of rotatable bonds is 18. The van der Waals surface area contributed by atoms with E-state index in [1.807, 2.05) is 85.1 Å². The Morgan fingerprint density at radius 3 is 0.884 bits per heavy atom. The van der Waals surface area contributed by atoms with Gasteiger partial charge in [0.05, 0.1) is 68.5 Å². The SMILES string of the molecule is [3H]C(C(=O)NO)N1C(=O)c2ccc(C)cc2C1=O.[3H]C(C(=O)NO)N1CC2CN(C)CCN2C1=O.[3H]C(C(=O)NO)N1Cc2cc(C)ccc2C1=O.[3H]C(C(=O)NO)N1Cc2ccc(C)cc2C1=O.[3H]C(C(=O)NO)n1[nH]c2cc(C)ccc2c1=O.[3H][C@@H](C(=O)NO)N1C(=O)c2ccc(C)cc2C1=O.[3H][C@@H](C(=O)NO)N1CC2CN(C)CCN2C1=O.[3H][C@@H](C(=O)NO)N1Cc2cc(C)ccc2C1=O.[3H][C@@H](C(=O)NO)n1[nH]c2cc(C)ccc2c1=O. The topological polar surface area (TPSA) is 709 Å². The molecule has 9 aromatic rings. The maximum atomic E-state index is 12.0. The van der Waals surface area contributed by atoms with Gasteiger partial charge in [0.15, 0.2) is 0 Å². The largest absolute Gasteiger partial charge is 0.325 e. The molecule has 0 aliphatic carbocycles. The van der Waals surface area contributed by atoms with Crippen LogP contribution in [-0.2, 0) is 75.8 Å². The van der Waals surface area contributed by atoms with Crippen LogP contribution >= 0.6 is 0 Å². The molecule has 2 aromatic heterocycles. The van der Waals surface area contributed by atoms with Gasteiger partial charge in [-0.2, -0.15) is 0 Å². The first-order chi connectivity index (χ1) is 73.2. The van der Waals surface area contributed by atoms with Crippen molar-refractivity contribution >= 4 is 128 Å². The van der Waals surface area contributed by atoms with Gasteiger partial charge in [0.25, 0.3) is 106 Å². The normalized spacial score (nSPS) is 18.6. The van der Waals surface area contributed by atoms with Crippen molar-refractivity contribution < 1.29 is 146 Å². The summed E-state index contributed by atoms with van der Waals surface area (Å²) in [6.45, 7) is 4.88. The molecule has 18 rings (SSSR count). The lowest BCUT2D eigenvalue weighted by molar-refractivity contribution is -0.130. The average molecular weight is 2050 g/mol. The molecule has 0 saturated carbocycles. The quantitative estimate of drug-likeness (QED) is 0.0276. The highest BCUT2D eigenvalue weighted by Gasteiger charge is 2.44. The van der Waals surface area contributed by atoms with Crippen LogP contribution in [0.3, 0.4) is 0 Å². The Labute approximate surface area is 841 Å². The summed E-state index contributed by atoms with van der Waals surface area (Å²) in [6, 6.07) is 35.2. The smallest absolute Gasteiger partial charge is 0.320 e. The number of fused-ring (bicyclic) bond motifs is 9. The van der Waals surface area contributed by atoms with E-state index in [0.29, 0.717) is 74.5 Å². The number of amides is 20. The summed E-state index contributed by atoms with van der Waals surface area (Å²) in [5.74, 6) is -12.6. The van der Waals surface area contributed by atoms with E-state index in [1.165, 1.54) is 83.4 Å². The fourth-order valence-corrected chi connectivity index (χ4v) is 15.8. The summed E-state index contributed by atoms with van der Waals surface area (Å²) in [5, 5.41) is 82.2. The molecule has 20 amide bonds. The van der Waals surface area contributed by atoms with Crippen molar-refractivity contribution in [1.82, 2.24) is 123 Å². The molecule has 7 aromatic carbocycles. The van der Waals surface area contributed by atoms with Crippen molar-refractivity contribution in [3.8, 4) is 0 Å². The van der Waals surface area contributed by atoms with E-state index in [0.717, 1.165) is 106 Å². The summed E-state index contributed by atoms with van der Waals surface area (Å²) in [5.41, 5.74) is 23.4. The van der Waals surface area contributed by atoms with Gasteiger partial charge in [0.1, 0.15) is 58.7 Å². The molecule has 11 atom stereocenters. The minimum Gasteiger partial charge on any atom is -0.325 e. The lowest BCUT2D eigenvalue weighted by Crippen LogP contribution is -2.50. The lowest BCUT2D eigenvalue weighted by atomic mass is 10.1. The molecule has 4 saturated heterocycles. The minimum absolute atomic E-state index is 0.0283. The number of hydrogen-bond acceptors (Lipinski definition) is 31. The number of urea groups is 2. The van der Waals surface area contributed by atoms with E-state index < -0.39 is 147 Å². The van der Waals surface area contributed by atoms with Crippen molar-refractivity contribution in [2.24, 2.45) is 0 Å². The lowest BCUT2D eigenvalue weighted by Gasteiger charge is -2.33. The van der Waals surface area contributed by atoms with Crippen LogP contribution < -0.4 is 60.4 Å². The molecule has 4 fully saturated rings. The minimum atomic E-state index is -1.80. The van der Waals surface area contributed by atoms with Gasteiger partial charge in [-0.15, -0.1) is 0 Å². The molecule has 0 radical (unpaired) electrons. The molecule has 53 nitrogen and oxygen atoms in total. The third-order valence-corrected chi connectivity index (χ3v) is 22.7. The molecular weight excluding hydrogens is 1920 g/mol. The van der Waals surface area contributed by atoms with Crippen LogP contribution in [0.2, 0.25) is 0 Å². The number of H-pyrrole nitrogens is 2. The van der Waals surface area contributed by atoms with Crippen LogP contribution in [0.1, 0.15) is 140 Å². The molecule has 9 aliphatic heterocycles. The Kier molecular flexibility index (Phi) is 33.6. The van der Waals surface area contributed by atoms with Gasteiger partial charge in [-0.05, 0) is 157 Å². The number of nitrogens with zero attached hydrogens (tertiary/aromatic N) is 13. The molecule has 0 spiro atoms. The summed E-state index contributed by atoms with van der Waals surface area (Å²) < 4.78 is 69.6. The van der Waals surface area contributed by atoms with Crippen LogP contribution in [0.4, 0.5) is 9.59 Å². The number of nitrogens with one attached hydrogen (secondary N) is 11. The van der Waals surface area contributed by atoms with E-state index >= 15 is 0 Å². The summed E-state index contributed by atoms with van der Waals surface area (Å²) in [7, 11) is 3.95. The monoisotopic (exact) mass is 2040 g/mol. The van der Waals surface area contributed by atoms with E-state index in [1.54, 1.807) is 90.4 Å². The molecule has 20 N–H and O–H groups in total. The Morgan fingerprint density at radius 2 is 0.548 bits per heavy atom. The standard InChI is InChI=1S/2C11H10N2O4.3C11H12N2O3.2C10H11N3O3.2C9H16N4O3/c2*1-6-2-3-7-8(4-6)11(16)13(10(7)15)5-9(14)12-17;2*1-7-2-3-9-8(4-7)5-13(11(9)15)6-10(14)12-16;1-7-2-3-8-5-13(6-10(14)12-16)11(15)9(8)4-7;2*1-6-2-3-7-8(4-6)11-13(10(7)15)5-9(14)12-16;2*1-11-2-3-13-7(4-11)5-12(9(13)15)6-8(14)10-16/h2*2-4,17H,5H2,1H3,(H,12,14);3*2-4,16H,5-6H2,1H3,(H,12,14);2*2-4,11,16H,5H2,1H3,(H,12,14);2*7,16H,2-6H2,1H3,(H,10,14)/i2*5T;3*6T;2*5T;2*6T/t5-;;6-;;;5-;;6-,7?;/m0.0..0.0./s1. The van der Waals surface area contributed by atoms with Crippen LogP contribution in [-0.4, -0.2) is 351 Å². The predicted octanol–water partition coefficient (Wildman–Crippen LogP) is -1.06. The van der Waals surface area contributed by atoms with Gasteiger partial charge in [-0.1, -0.05) is 88.5 Å². The van der Waals surface area contributed by atoms with Crippen molar-refractivity contribution in [2.45, 2.75) is 93.2 Å². The summed E-state index contributed by atoms with van der Waals surface area (Å²) in [6.07, 6.45) is 0. The van der Waals surface area contributed by atoms with E-state index in [-0.39, 0.29) is 83.8 Å². The zero-order valence-corrected chi connectivity index (χ0v) is 79.3. The Morgan fingerprint density at radius 1 is 0.288 bits per heavy atom. The highest BCUT2D eigenvalue weighted by atomic mass is 16.5. The molecule has 0 bridgehead atoms. The van der Waals surface area contributed by atoms with Crippen molar-refractivity contribution in [3.63, 3.8) is 0 Å². The molecule has 9 aliphatic rings. The number of likely N-dealkylation sites (N-methyl/N-ethyl adjacent to an activating group) is 2. The van der Waals surface area contributed by atoms with Crippen molar-refractivity contribution in [1.29, 1.82) is 0 Å². The highest BCUT2D eigenvalue weighted by molar-refractivity contribution is 6.23. The predicted molar refractivity (Wildman–Crippen MR) is 505 cm³/mol. The number of carbonyl (C=O) groups excluding carboxylic acids is 18. The van der Waals surface area contributed by atoms with Crippen LogP contribution in [0.15, 0.2) is 137 Å². The fourth-order valence-electron chi connectivity index (χ4n) is 15.8. The summed E-state index contributed by atoms with van der Waals surface area (Å²) >= 11 is 0. The second-order valence-electron chi connectivity index (χ2n) is 33.5. The third kappa shape index (κ3) is 27.7. The first kappa shape index (κ1) is 97.9. The molecule has 53 heteroatoms. The van der Waals surface area contributed by atoms with Crippen LogP contribution in [0.25, 0.3) is 21.8 Å². The second-order valence-corrected chi connectivity index (χ2v) is 33.5. The van der Waals surface area contributed by atoms with Crippen LogP contribution in [0, 0.1) is 48.5 Å². The fraction of sp³-hybridized carbons (Fsp3) is 0.333. The van der Waals surface area contributed by atoms with E-state index in [4.69, 9.17) is 59.2 Å². The van der Waals surface area contributed by atoms with Gasteiger partial charge in [-0.25, -0.2) is 68.3 Å². The zero-order chi connectivity index (χ0) is 115. The summed E-state index contributed by atoms with van der Waals surface area (Å²) in [4.78, 5) is 245. The molecule has 7 unspecified atom stereocenters. The number of aromatic nitrogens is 4. The zero-order valence-electron chi connectivity index (χ0n) is 88.3. The maximum Gasteiger partial charge on any atom is 0.320 e. The first-order valence-electron chi connectivity index (χ1n) is 48.8. The van der Waals surface area contributed by atoms with Crippen molar-refractivity contribution in [2.75, 3.05) is 112 Å². The molecular formula is C93H110N24O29. The maximum absolute atomic E-state index is 12.0. The molecule has 146 heavy (non-hydrogen) atoms. The van der Waals surface area contributed by atoms with E-state index in [9.17, 15) is 95.9 Å². The van der Waals surface area contributed by atoms with Gasteiger partial charge in [0, 0.05) is 88.7 Å². The van der Waals surface area contributed by atoms with Gasteiger partial charge >= 0.3 is 12.1 Å². The molecule has 11 heterocycles. The number of aromatic amines is 2. The number of aryl methyl sites for hydroxylation is 7. The van der Waals surface area contributed by atoms with Crippen molar-refractivity contribution in [3.05, 3.63) is 243 Å². The van der Waals surface area contributed by atoms with Gasteiger partial charge < -0.3 is 44.1 Å². The van der Waals surface area contributed by atoms with E-state index in [2.05, 4.69) is 20.0 Å². The third-order valence-electron chi connectivity index (χ3n) is 22.7. The van der Waals surface area contributed by atoms with Gasteiger partial charge in [0.2, 0.25) is 0 Å². The highest BCUT2D eigenvalue weighted by Crippen LogP contribution is 2.30. The van der Waals surface area contributed by atoms with Crippen LogP contribution in [0.5, 0.6) is 0 Å². The number of imide groups is 2. The number of hydrogen-bond donors (Lipinski definition) is 20.